The molecule has 0 heterocycles. The Kier molecular flexibility index (Phi) is 3.79. The largest absolute Gasteiger partial charge is 0.480 e. The summed E-state index contributed by atoms with van der Waals surface area (Å²) in [6.45, 7) is -1.13. The highest BCUT2D eigenvalue weighted by atomic mass is 19.1. The first kappa shape index (κ1) is 11.2. The average Bonchev–Trinajstić information content (AvgIpc) is 2.26. The van der Waals surface area contributed by atoms with Crippen LogP contribution < -0.4 is 5.32 Å². The monoisotopic (exact) mass is 211 g/mol. The Bertz CT molecular complexity index is 353. The number of hydrogen-bond donors (Lipinski definition) is 2. The minimum Gasteiger partial charge on any atom is -0.480 e. The molecular weight excluding hydrogens is 201 g/mol. The van der Waals surface area contributed by atoms with E-state index in [4.69, 9.17) is 5.11 Å². The van der Waals surface area contributed by atoms with Gasteiger partial charge in [0, 0.05) is 5.56 Å². The zero-order valence-corrected chi connectivity index (χ0v) is 7.81. The van der Waals surface area contributed by atoms with E-state index in [0.29, 0.717) is 5.56 Å². The van der Waals surface area contributed by atoms with E-state index in [1.165, 1.54) is 12.1 Å². The van der Waals surface area contributed by atoms with Crippen LogP contribution in [0.5, 0.6) is 0 Å². The van der Waals surface area contributed by atoms with E-state index in [0.717, 1.165) is 0 Å². The molecule has 80 valence electrons. The summed E-state index contributed by atoms with van der Waals surface area (Å²) in [4.78, 5) is 21.8. The van der Waals surface area contributed by atoms with E-state index in [1.807, 2.05) is 0 Å². The van der Waals surface area contributed by atoms with Crippen molar-refractivity contribution in [2.75, 3.05) is 6.67 Å². The number of aliphatic carboxylic acids is 1. The van der Waals surface area contributed by atoms with E-state index >= 15 is 0 Å². The van der Waals surface area contributed by atoms with E-state index in [2.05, 4.69) is 5.32 Å². The Morgan fingerprint density at radius 3 is 2.40 bits per heavy atom. The number of carboxylic acid groups (broad SMARTS) is 1. The lowest BCUT2D eigenvalue weighted by Crippen LogP contribution is -2.42. The first-order valence-corrected chi connectivity index (χ1v) is 4.30. The van der Waals surface area contributed by atoms with Crippen molar-refractivity contribution in [2.45, 2.75) is 6.04 Å². The second-order valence-corrected chi connectivity index (χ2v) is 2.88. The zero-order chi connectivity index (χ0) is 11.3. The van der Waals surface area contributed by atoms with Crippen LogP contribution in [0.3, 0.4) is 0 Å². The van der Waals surface area contributed by atoms with Gasteiger partial charge in [-0.2, -0.15) is 0 Å². The molecule has 0 spiro atoms. The first-order chi connectivity index (χ1) is 7.15. The van der Waals surface area contributed by atoms with Gasteiger partial charge >= 0.3 is 5.97 Å². The zero-order valence-electron chi connectivity index (χ0n) is 7.81. The standard InChI is InChI=1S/C10H10FNO3/c11-6-8(10(14)15)12-9(13)7-4-2-1-3-5-7/h1-5,8H,6H2,(H,12,13)(H,14,15)/t8-/m1/s1. The predicted molar refractivity (Wildman–Crippen MR) is 51.3 cm³/mol. The number of benzene rings is 1. The Morgan fingerprint density at radius 2 is 1.93 bits per heavy atom. The number of rotatable bonds is 4. The summed E-state index contributed by atoms with van der Waals surface area (Å²) in [5, 5.41) is 10.6. The molecule has 1 amide bonds. The number of nitrogens with one attached hydrogen (secondary N) is 1. The van der Waals surface area contributed by atoms with Crippen LogP contribution in [0.4, 0.5) is 4.39 Å². The summed E-state index contributed by atoms with van der Waals surface area (Å²) in [7, 11) is 0. The number of carbonyl (C=O) groups excluding carboxylic acids is 1. The summed E-state index contributed by atoms with van der Waals surface area (Å²) < 4.78 is 12.2. The molecule has 0 aliphatic heterocycles. The molecule has 5 heteroatoms. The highest BCUT2D eigenvalue weighted by Crippen LogP contribution is 1.99. The van der Waals surface area contributed by atoms with Crippen molar-refractivity contribution >= 4 is 11.9 Å². The SMILES string of the molecule is O=C(N[C@H](CF)C(=O)O)c1ccccc1. The van der Waals surface area contributed by atoms with Crippen molar-refractivity contribution in [1.82, 2.24) is 5.32 Å². The molecule has 2 N–H and O–H groups in total. The fraction of sp³-hybridized carbons (Fsp3) is 0.200. The van der Waals surface area contributed by atoms with Crippen LogP contribution >= 0.6 is 0 Å². The van der Waals surface area contributed by atoms with Gasteiger partial charge in [-0.05, 0) is 12.1 Å². The van der Waals surface area contributed by atoms with Gasteiger partial charge in [0.15, 0.2) is 6.04 Å². The van der Waals surface area contributed by atoms with Crippen LogP contribution in [0.1, 0.15) is 10.4 Å². The van der Waals surface area contributed by atoms with E-state index in [9.17, 15) is 14.0 Å². The number of carboxylic acids is 1. The van der Waals surface area contributed by atoms with Crippen LogP contribution in [-0.2, 0) is 4.79 Å². The fourth-order valence-electron chi connectivity index (χ4n) is 0.997. The molecule has 1 aromatic carbocycles. The minimum atomic E-state index is -1.49. The van der Waals surface area contributed by atoms with Crippen LogP contribution in [0, 0.1) is 0 Å². The molecule has 4 nitrogen and oxygen atoms in total. The molecule has 0 aromatic heterocycles. The molecule has 0 saturated carbocycles. The van der Waals surface area contributed by atoms with Gasteiger partial charge < -0.3 is 10.4 Å². The van der Waals surface area contributed by atoms with Crippen molar-refractivity contribution in [3.8, 4) is 0 Å². The molecule has 0 unspecified atom stereocenters. The third-order valence-electron chi connectivity index (χ3n) is 1.79. The van der Waals surface area contributed by atoms with Crippen molar-refractivity contribution in [2.24, 2.45) is 0 Å². The summed E-state index contributed by atoms with van der Waals surface area (Å²) >= 11 is 0. The van der Waals surface area contributed by atoms with Crippen LogP contribution in [0.25, 0.3) is 0 Å². The third-order valence-corrected chi connectivity index (χ3v) is 1.79. The lowest BCUT2D eigenvalue weighted by atomic mass is 10.2. The van der Waals surface area contributed by atoms with Gasteiger partial charge in [0.25, 0.3) is 5.91 Å². The molecule has 1 rings (SSSR count). The van der Waals surface area contributed by atoms with Crippen LogP contribution in [0.15, 0.2) is 30.3 Å². The fourth-order valence-corrected chi connectivity index (χ4v) is 0.997. The molecular formula is C10H10FNO3. The van der Waals surface area contributed by atoms with Gasteiger partial charge in [-0.15, -0.1) is 0 Å². The van der Waals surface area contributed by atoms with E-state index in [1.54, 1.807) is 18.2 Å². The summed E-state index contributed by atoms with van der Waals surface area (Å²) in [6, 6.07) is 6.55. The Balaban J connectivity index is 2.67. The van der Waals surface area contributed by atoms with Gasteiger partial charge in [-0.1, -0.05) is 18.2 Å². The van der Waals surface area contributed by atoms with Gasteiger partial charge in [-0.25, -0.2) is 9.18 Å². The topological polar surface area (TPSA) is 66.4 Å². The summed E-state index contributed by atoms with van der Waals surface area (Å²) in [5.74, 6) is -1.98. The Hall–Kier alpha value is -1.91. The molecule has 0 saturated heterocycles. The number of hydrogen-bond acceptors (Lipinski definition) is 2. The lowest BCUT2D eigenvalue weighted by molar-refractivity contribution is -0.139. The quantitative estimate of drug-likeness (QED) is 0.775. The molecule has 15 heavy (non-hydrogen) atoms. The molecule has 0 bridgehead atoms. The third kappa shape index (κ3) is 3.05. The van der Waals surface area contributed by atoms with Crippen molar-refractivity contribution in [3.05, 3.63) is 35.9 Å². The van der Waals surface area contributed by atoms with Crippen LogP contribution in [-0.4, -0.2) is 29.7 Å². The van der Waals surface area contributed by atoms with Crippen LogP contribution in [0.2, 0.25) is 0 Å². The normalized spacial score (nSPS) is 11.8. The van der Waals surface area contributed by atoms with Crippen molar-refractivity contribution in [3.63, 3.8) is 0 Å². The van der Waals surface area contributed by atoms with Gasteiger partial charge in [0.2, 0.25) is 0 Å². The summed E-state index contributed by atoms with van der Waals surface area (Å²) in [5.41, 5.74) is 0.303. The highest BCUT2D eigenvalue weighted by molar-refractivity contribution is 5.96. The minimum absolute atomic E-state index is 0.303. The van der Waals surface area contributed by atoms with E-state index in [-0.39, 0.29) is 0 Å². The molecule has 1 aromatic rings. The van der Waals surface area contributed by atoms with Gasteiger partial charge in [0.1, 0.15) is 6.67 Å². The van der Waals surface area contributed by atoms with Gasteiger partial charge in [-0.3, -0.25) is 4.79 Å². The average molecular weight is 211 g/mol. The maximum absolute atomic E-state index is 12.2. The number of alkyl halides is 1. The maximum atomic E-state index is 12.2. The molecule has 1 atom stereocenters. The smallest absolute Gasteiger partial charge is 0.328 e. The van der Waals surface area contributed by atoms with E-state index < -0.39 is 24.6 Å². The molecule has 0 aliphatic rings. The first-order valence-electron chi connectivity index (χ1n) is 4.30. The predicted octanol–water partition coefficient (Wildman–Crippen LogP) is 0.839. The lowest BCUT2D eigenvalue weighted by Gasteiger charge is -2.10. The number of amides is 1. The Morgan fingerprint density at radius 1 is 1.33 bits per heavy atom. The molecule has 0 fully saturated rings. The van der Waals surface area contributed by atoms with Crippen molar-refractivity contribution < 1.29 is 19.1 Å². The highest BCUT2D eigenvalue weighted by Gasteiger charge is 2.19. The Labute approximate surface area is 85.7 Å². The second-order valence-electron chi connectivity index (χ2n) is 2.88. The maximum Gasteiger partial charge on any atom is 0.328 e. The van der Waals surface area contributed by atoms with Gasteiger partial charge in [0.05, 0.1) is 0 Å². The molecule has 0 aliphatic carbocycles. The summed E-state index contributed by atoms with van der Waals surface area (Å²) in [6.07, 6.45) is 0. The number of halogens is 1. The second kappa shape index (κ2) is 5.09. The molecule has 0 radical (unpaired) electrons. The number of carbonyl (C=O) groups is 2. The van der Waals surface area contributed by atoms with Crippen molar-refractivity contribution in [1.29, 1.82) is 0 Å².